The fourth-order valence-corrected chi connectivity index (χ4v) is 1.67. The Labute approximate surface area is 92.7 Å². The van der Waals surface area contributed by atoms with Crippen molar-refractivity contribution < 1.29 is 14.3 Å². The van der Waals surface area contributed by atoms with E-state index in [1.54, 1.807) is 0 Å². The summed E-state index contributed by atoms with van der Waals surface area (Å²) in [6.07, 6.45) is 1.44. The highest BCUT2D eigenvalue weighted by atomic mass is 79.9. The molecule has 5 heteroatoms. The Kier molecular flexibility index (Phi) is 2.40. The maximum absolute atomic E-state index is 13.4. The zero-order chi connectivity index (χ0) is 11.0. The number of carboxylic acid groups (broad SMARTS) is 1. The third kappa shape index (κ3) is 1.70. The summed E-state index contributed by atoms with van der Waals surface area (Å²) < 4.78 is 14.0. The highest BCUT2D eigenvalue weighted by molar-refractivity contribution is 9.10. The van der Waals surface area contributed by atoms with Crippen molar-refractivity contribution in [2.45, 2.75) is 0 Å². The standard InChI is InChI=1S/C10H5BrFNO2/c11-5-3-7-8(12)2-1-6(10(14)15)9(7)13-4-5/h1-4H,(H,14,15). The lowest BCUT2D eigenvalue weighted by Crippen LogP contribution is -1.99. The zero-order valence-electron chi connectivity index (χ0n) is 7.37. The van der Waals surface area contributed by atoms with Gasteiger partial charge in [0.25, 0.3) is 0 Å². The Morgan fingerprint density at radius 2 is 2.20 bits per heavy atom. The monoisotopic (exact) mass is 269 g/mol. The van der Waals surface area contributed by atoms with Crippen LogP contribution in [0, 0.1) is 5.82 Å². The Hall–Kier alpha value is -1.49. The molecule has 0 unspecified atom stereocenters. The SMILES string of the molecule is O=C(O)c1ccc(F)c2cc(Br)cnc12. The Morgan fingerprint density at radius 3 is 2.87 bits per heavy atom. The summed E-state index contributed by atoms with van der Waals surface area (Å²) in [6.45, 7) is 0. The quantitative estimate of drug-likeness (QED) is 0.866. The van der Waals surface area contributed by atoms with E-state index in [9.17, 15) is 9.18 Å². The van der Waals surface area contributed by atoms with Crippen LogP contribution in [0.25, 0.3) is 10.9 Å². The number of hydrogen-bond acceptors (Lipinski definition) is 2. The van der Waals surface area contributed by atoms with Crippen molar-refractivity contribution in [3.05, 3.63) is 40.2 Å². The number of halogens is 2. The van der Waals surface area contributed by atoms with Gasteiger partial charge < -0.3 is 5.11 Å². The van der Waals surface area contributed by atoms with Gasteiger partial charge in [0.1, 0.15) is 5.82 Å². The average Bonchev–Trinajstić information content (AvgIpc) is 2.19. The highest BCUT2D eigenvalue weighted by Crippen LogP contribution is 2.23. The Morgan fingerprint density at radius 1 is 1.47 bits per heavy atom. The molecule has 0 saturated carbocycles. The Balaban J connectivity index is 2.88. The number of fused-ring (bicyclic) bond motifs is 1. The van der Waals surface area contributed by atoms with Crippen LogP contribution in [-0.4, -0.2) is 16.1 Å². The van der Waals surface area contributed by atoms with E-state index in [-0.39, 0.29) is 16.5 Å². The van der Waals surface area contributed by atoms with Crippen LogP contribution >= 0.6 is 15.9 Å². The summed E-state index contributed by atoms with van der Waals surface area (Å²) in [5.74, 6) is -1.60. The van der Waals surface area contributed by atoms with E-state index >= 15 is 0 Å². The van der Waals surface area contributed by atoms with E-state index in [1.807, 2.05) is 0 Å². The van der Waals surface area contributed by atoms with Crippen molar-refractivity contribution in [3.63, 3.8) is 0 Å². The van der Waals surface area contributed by atoms with Crippen LogP contribution in [0.3, 0.4) is 0 Å². The highest BCUT2D eigenvalue weighted by Gasteiger charge is 2.12. The number of rotatable bonds is 1. The molecule has 0 saturated heterocycles. The van der Waals surface area contributed by atoms with E-state index < -0.39 is 11.8 Å². The largest absolute Gasteiger partial charge is 0.478 e. The average molecular weight is 270 g/mol. The van der Waals surface area contributed by atoms with Crippen LogP contribution in [0.1, 0.15) is 10.4 Å². The van der Waals surface area contributed by atoms with E-state index in [2.05, 4.69) is 20.9 Å². The molecule has 15 heavy (non-hydrogen) atoms. The first-order valence-corrected chi connectivity index (χ1v) is 4.86. The minimum atomic E-state index is -1.12. The van der Waals surface area contributed by atoms with Gasteiger partial charge in [-0.05, 0) is 34.1 Å². The molecule has 0 radical (unpaired) electrons. The lowest BCUT2D eigenvalue weighted by atomic mass is 10.1. The summed E-state index contributed by atoms with van der Waals surface area (Å²) in [6, 6.07) is 3.84. The van der Waals surface area contributed by atoms with Gasteiger partial charge in [-0.25, -0.2) is 9.18 Å². The summed E-state index contributed by atoms with van der Waals surface area (Å²) in [5.41, 5.74) is 0.157. The number of carbonyl (C=O) groups is 1. The second kappa shape index (κ2) is 3.58. The first-order chi connectivity index (χ1) is 7.09. The predicted octanol–water partition coefficient (Wildman–Crippen LogP) is 2.83. The van der Waals surface area contributed by atoms with Gasteiger partial charge in [0, 0.05) is 16.1 Å². The maximum Gasteiger partial charge on any atom is 0.337 e. The second-order valence-corrected chi connectivity index (χ2v) is 3.87. The van der Waals surface area contributed by atoms with Crippen LogP contribution in [0.4, 0.5) is 4.39 Å². The molecule has 0 aliphatic heterocycles. The molecule has 1 aromatic heterocycles. The maximum atomic E-state index is 13.4. The third-order valence-corrected chi connectivity index (χ3v) is 2.43. The first-order valence-electron chi connectivity index (χ1n) is 4.06. The van der Waals surface area contributed by atoms with Crippen molar-refractivity contribution >= 4 is 32.8 Å². The molecule has 1 aromatic carbocycles. The minimum Gasteiger partial charge on any atom is -0.478 e. The molecular formula is C10H5BrFNO2. The first kappa shape index (κ1) is 10.0. The number of pyridine rings is 1. The van der Waals surface area contributed by atoms with Crippen LogP contribution in [0.5, 0.6) is 0 Å². The number of carboxylic acids is 1. The molecule has 3 nitrogen and oxygen atoms in total. The van der Waals surface area contributed by atoms with Gasteiger partial charge in [0.2, 0.25) is 0 Å². The number of aromatic nitrogens is 1. The van der Waals surface area contributed by atoms with Gasteiger partial charge in [-0.3, -0.25) is 4.98 Å². The fourth-order valence-electron chi connectivity index (χ4n) is 1.33. The molecule has 2 aromatic rings. The molecule has 0 aliphatic rings. The van der Waals surface area contributed by atoms with Crippen molar-refractivity contribution in [1.82, 2.24) is 4.98 Å². The van der Waals surface area contributed by atoms with Crippen molar-refractivity contribution in [1.29, 1.82) is 0 Å². The summed E-state index contributed by atoms with van der Waals surface area (Å²) in [4.78, 5) is 14.7. The smallest absolute Gasteiger partial charge is 0.337 e. The van der Waals surface area contributed by atoms with Gasteiger partial charge in [-0.15, -0.1) is 0 Å². The van der Waals surface area contributed by atoms with Crippen LogP contribution < -0.4 is 0 Å². The van der Waals surface area contributed by atoms with Gasteiger partial charge in [0.05, 0.1) is 11.1 Å². The van der Waals surface area contributed by atoms with Crippen LogP contribution in [-0.2, 0) is 0 Å². The predicted molar refractivity (Wildman–Crippen MR) is 56.4 cm³/mol. The van der Waals surface area contributed by atoms with E-state index in [4.69, 9.17) is 5.11 Å². The number of nitrogens with zero attached hydrogens (tertiary/aromatic N) is 1. The molecule has 2 rings (SSSR count). The fraction of sp³-hybridized carbons (Fsp3) is 0. The molecule has 0 spiro atoms. The summed E-state index contributed by atoms with van der Waals surface area (Å²) >= 11 is 3.15. The number of benzene rings is 1. The molecule has 1 heterocycles. The molecule has 0 fully saturated rings. The van der Waals surface area contributed by atoms with Gasteiger partial charge >= 0.3 is 5.97 Å². The summed E-state index contributed by atoms with van der Waals surface area (Å²) in [5, 5.41) is 9.07. The van der Waals surface area contributed by atoms with Crippen molar-refractivity contribution in [3.8, 4) is 0 Å². The molecule has 0 aliphatic carbocycles. The molecule has 1 N–H and O–H groups in total. The molecule has 0 bridgehead atoms. The van der Waals surface area contributed by atoms with Crippen molar-refractivity contribution in [2.24, 2.45) is 0 Å². The van der Waals surface area contributed by atoms with Gasteiger partial charge in [0.15, 0.2) is 0 Å². The van der Waals surface area contributed by atoms with Crippen LogP contribution in [0.2, 0.25) is 0 Å². The van der Waals surface area contributed by atoms with Gasteiger partial charge in [-0.2, -0.15) is 0 Å². The normalized spacial score (nSPS) is 10.5. The van der Waals surface area contributed by atoms with E-state index in [0.29, 0.717) is 4.47 Å². The zero-order valence-corrected chi connectivity index (χ0v) is 8.95. The van der Waals surface area contributed by atoms with Crippen LogP contribution in [0.15, 0.2) is 28.9 Å². The topological polar surface area (TPSA) is 50.2 Å². The van der Waals surface area contributed by atoms with Crippen molar-refractivity contribution in [2.75, 3.05) is 0 Å². The third-order valence-electron chi connectivity index (χ3n) is 1.99. The summed E-state index contributed by atoms with van der Waals surface area (Å²) in [7, 11) is 0. The molecule has 76 valence electrons. The lowest BCUT2D eigenvalue weighted by Gasteiger charge is -2.02. The Bertz CT molecular complexity index is 556. The number of aromatic carboxylic acids is 1. The number of hydrogen-bond donors (Lipinski definition) is 1. The van der Waals surface area contributed by atoms with E-state index in [0.717, 1.165) is 6.07 Å². The van der Waals surface area contributed by atoms with Gasteiger partial charge in [-0.1, -0.05) is 0 Å². The lowest BCUT2D eigenvalue weighted by molar-refractivity contribution is 0.0699. The van der Waals surface area contributed by atoms with E-state index in [1.165, 1.54) is 18.3 Å². The molecule has 0 amide bonds. The molecule has 0 atom stereocenters. The minimum absolute atomic E-state index is 0.00102. The molecular weight excluding hydrogens is 265 g/mol. The second-order valence-electron chi connectivity index (χ2n) is 2.95.